The number of halogens is 2. The molecule has 0 saturated heterocycles. The Morgan fingerprint density at radius 2 is 1.97 bits per heavy atom. The van der Waals surface area contributed by atoms with Crippen molar-refractivity contribution in [1.82, 2.24) is 4.98 Å². The molecule has 1 N–H and O–H groups in total. The van der Waals surface area contributed by atoms with Crippen LogP contribution < -0.4 is 4.72 Å². The number of nitrogens with one attached hydrogen (secondary N) is 1. The van der Waals surface area contributed by atoms with Crippen molar-refractivity contribution in [1.29, 1.82) is 0 Å². The summed E-state index contributed by atoms with van der Waals surface area (Å²) in [7, 11) is -4.08. The zero-order chi connectivity index (χ0) is 23.5. The molecule has 6 nitrogen and oxygen atoms in total. The van der Waals surface area contributed by atoms with E-state index in [1.165, 1.54) is 36.7 Å². The summed E-state index contributed by atoms with van der Waals surface area (Å²) < 4.78 is 47.7. The lowest BCUT2D eigenvalue weighted by molar-refractivity contribution is -0.144. The van der Waals surface area contributed by atoms with Crippen LogP contribution >= 0.6 is 11.6 Å². The van der Waals surface area contributed by atoms with E-state index in [2.05, 4.69) is 9.71 Å². The predicted molar refractivity (Wildman–Crippen MR) is 122 cm³/mol. The smallest absolute Gasteiger partial charge is 0.313 e. The third-order valence-corrected chi connectivity index (χ3v) is 6.53. The predicted octanol–water partition coefficient (Wildman–Crippen LogP) is 5.32. The molecule has 0 radical (unpaired) electrons. The van der Waals surface area contributed by atoms with Crippen LogP contribution in [0.5, 0.6) is 0 Å². The van der Waals surface area contributed by atoms with Crippen LogP contribution in [0.2, 0.25) is 5.02 Å². The normalized spacial score (nSPS) is 12.3. The highest BCUT2D eigenvalue weighted by Gasteiger charge is 2.26. The maximum absolute atomic E-state index is 13.9. The number of rotatable bonds is 7. The maximum atomic E-state index is 13.9. The molecule has 0 bridgehead atoms. The monoisotopic (exact) mass is 476 g/mol. The largest absolute Gasteiger partial charge is 0.466 e. The SMILES string of the molecule is CCOC(=O)C(C)c1ccc(-c2cccc(F)c2)c(NS(=O)(=O)c2cncc(C)c2)c1Cl. The molecule has 0 aliphatic heterocycles. The molecule has 9 heteroatoms. The van der Waals surface area contributed by atoms with Gasteiger partial charge in [-0.3, -0.25) is 14.5 Å². The number of aryl methyl sites for hydroxylation is 1. The number of sulfonamides is 1. The van der Waals surface area contributed by atoms with Crippen molar-refractivity contribution in [3.8, 4) is 11.1 Å². The fourth-order valence-electron chi connectivity index (χ4n) is 3.18. The van der Waals surface area contributed by atoms with Gasteiger partial charge < -0.3 is 4.74 Å². The van der Waals surface area contributed by atoms with E-state index in [-0.39, 0.29) is 22.2 Å². The highest BCUT2D eigenvalue weighted by Crippen LogP contribution is 2.40. The first-order chi connectivity index (χ1) is 15.1. The second-order valence-corrected chi connectivity index (χ2v) is 9.24. The Kier molecular flexibility index (Phi) is 7.16. The average Bonchev–Trinajstić information content (AvgIpc) is 2.74. The number of benzene rings is 2. The summed E-state index contributed by atoms with van der Waals surface area (Å²) in [5, 5.41) is 0.0245. The molecule has 1 atom stereocenters. The molecule has 32 heavy (non-hydrogen) atoms. The Balaban J connectivity index is 2.17. The van der Waals surface area contributed by atoms with Crippen LogP contribution in [0.3, 0.4) is 0 Å². The Labute approximate surface area is 191 Å². The Hall–Kier alpha value is -2.97. The second-order valence-electron chi connectivity index (χ2n) is 7.18. The highest BCUT2D eigenvalue weighted by molar-refractivity contribution is 7.92. The lowest BCUT2D eigenvalue weighted by atomic mass is 9.95. The molecule has 2 aromatic carbocycles. The van der Waals surface area contributed by atoms with E-state index in [4.69, 9.17) is 16.3 Å². The van der Waals surface area contributed by atoms with E-state index < -0.39 is 27.7 Å². The third-order valence-electron chi connectivity index (χ3n) is 4.81. The van der Waals surface area contributed by atoms with Gasteiger partial charge in [0.1, 0.15) is 10.7 Å². The van der Waals surface area contributed by atoms with Crippen LogP contribution in [-0.4, -0.2) is 26.0 Å². The zero-order valence-corrected chi connectivity index (χ0v) is 19.3. The summed E-state index contributed by atoms with van der Waals surface area (Å²) >= 11 is 6.62. The number of hydrogen-bond donors (Lipinski definition) is 1. The Morgan fingerprint density at radius 3 is 2.62 bits per heavy atom. The van der Waals surface area contributed by atoms with Crippen LogP contribution in [0, 0.1) is 12.7 Å². The number of esters is 1. The first-order valence-electron chi connectivity index (χ1n) is 9.83. The molecule has 0 spiro atoms. The van der Waals surface area contributed by atoms with Crippen LogP contribution in [-0.2, 0) is 19.6 Å². The van der Waals surface area contributed by atoms with Gasteiger partial charge in [-0.15, -0.1) is 0 Å². The van der Waals surface area contributed by atoms with Crippen LogP contribution in [0.15, 0.2) is 59.8 Å². The van der Waals surface area contributed by atoms with Gasteiger partial charge in [-0.1, -0.05) is 35.9 Å². The van der Waals surface area contributed by atoms with Gasteiger partial charge in [0.2, 0.25) is 0 Å². The summed E-state index contributed by atoms with van der Waals surface area (Å²) in [6.45, 7) is 5.22. The summed E-state index contributed by atoms with van der Waals surface area (Å²) in [6.07, 6.45) is 2.75. The van der Waals surface area contributed by atoms with Crippen molar-refractivity contribution in [2.24, 2.45) is 0 Å². The van der Waals surface area contributed by atoms with E-state index in [0.717, 1.165) is 0 Å². The van der Waals surface area contributed by atoms with Gasteiger partial charge in [-0.2, -0.15) is 0 Å². The lowest BCUT2D eigenvalue weighted by Gasteiger charge is -2.20. The number of pyridine rings is 1. The zero-order valence-electron chi connectivity index (χ0n) is 17.7. The van der Waals surface area contributed by atoms with Crippen molar-refractivity contribution in [3.05, 3.63) is 76.8 Å². The number of ether oxygens (including phenoxy) is 1. The highest BCUT2D eigenvalue weighted by atomic mass is 35.5. The molecular formula is C23H22ClFN2O4S. The number of carbonyl (C=O) groups is 1. The van der Waals surface area contributed by atoms with Crippen LogP contribution in [0.25, 0.3) is 11.1 Å². The van der Waals surface area contributed by atoms with Crippen molar-refractivity contribution in [2.75, 3.05) is 11.3 Å². The van der Waals surface area contributed by atoms with E-state index in [1.54, 1.807) is 39.0 Å². The summed E-state index contributed by atoms with van der Waals surface area (Å²) in [5.74, 6) is -1.73. The molecule has 0 amide bonds. The molecule has 3 aromatic rings. The first-order valence-corrected chi connectivity index (χ1v) is 11.7. The summed E-state index contributed by atoms with van der Waals surface area (Å²) in [4.78, 5) is 16.2. The lowest BCUT2D eigenvalue weighted by Crippen LogP contribution is -2.17. The van der Waals surface area contributed by atoms with Gasteiger partial charge in [-0.25, -0.2) is 12.8 Å². The van der Waals surface area contributed by atoms with Crippen LogP contribution in [0.4, 0.5) is 10.1 Å². The fourth-order valence-corrected chi connectivity index (χ4v) is 4.76. The standard InChI is InChI=1S/C23H22ClFN2O4S/c1-4-31-23(28)15(3)19-8-9-20(16-6-5-7-17(25)11-16)22(21(19)24)27-32(29,30)18-10-14(2)12-26-13-18/h5-13,15,27H,4H2,1-3H3. The number of carbonyl (C=O) groups excluding carboxylic acids is 1. The average molecular weight is 477 g/mol. The fraction of sp³-hybridized carbons (Fsp3) is 0.217. The molecule has 1 unspecified atom stereocenters. The molecule has 1 heterocycles. The van der Waals surface area contributed by atoms with Gasteiger partial charge in [0.15, 0.2) is 0 Å². The van der Waals surface area contributed by atoms with Crippen molar-refractivity contribution >= 4 is 33.3 Å². The molecule has 0 saturated carbocycles. The molecule has 1 aromatic heterocycles. The maximum Gasteiger partial charge on any atom is 0.313 e. The Morgan fingerprint density at radius 1 is 1.22 bits per heavy atom. The molecule has 0 aliphatic carbocycles. The van der Waals surface area contributed by atoms with Crippen molar-refractivity contribution in [2.45, 2.75) is 31.6 Å². The second kappa shape index (κ2) is 9.67. The molecule has 0 fully saturated rings. The van der Waals surface area contributed by atoms with Gasteiger partial charge >= 0.3 is 5.97 Å². The van der Waals surface area contributed by atoms with Crippen molar-refractivity contribution < 1.29 is 22.3 Å². The number of anilines is 1. The van der Waals surface area contributed by atoms with E-state index in [0.29, 0.717) is 22.3 Å². The van der Waals surface area contributed by atoms with Crippen molar-refractivity contribution in [3.63, 3.8) is 0 Å². The number of nitrogens with zero attached hydrogens (tertiary/aromatic N) is 1. The number of aromatic nitrogens is 1. The third kappa shape index (κ3) is 5.08. The quantitative estimate of drug-likeness (QED) is 0.466. The van der Waals surface area contributed by atoms with Gasteiger partial charge in [-0.05, 0) is 55.7 Å². The minimum Gasteiger partial charge on any atom is -0.466 e. The van der Waals surface area contributed by atoms with Gasteiger partial charge in [0.05, 0.1) is 23.2 Å². The van der Waals surface area contributed by atoms with E-state index in [1.807, 2.05) is 0 Å². The first kappa shape index (κ1) is 23.7. The van der Waals surface area contributed by atoms with Gasteiger partial charge in [0.25, 0.3) is 10.0 Å². The van der Waals surface area contributed by atoms with E-state index >= 15 is 0 Å². The minimum absolute atomic E-state index is 0.0245. The molecular weight excluding hydrogens is 455 g/mol. The Bertz CT molecular complexity index is 1260. The topological polar surface area (TPSA) is 85.4 Å². The van der Waals surface area contributed by atoms with E-state index in [9.17, 15) is 17.6 Å². The minimum atomic E-state index is -4.08. The summed E-state index contributed by atoms with van der Waals surface area (Å²) in [5.41, 5.74) is 1.85. The molecule has 0 aliphatic rings. The molecule has 168 valence electrons. The molecule has 3 rings (SSSR count). The number of hydrogen-bond acceptors (Lipinski definition) is 5. The van der Waals surface area contributed by atoms with Gasteiger partial charge in [0, 0.05) is 18.0 Å². The van der Waals surface area contributed by atoms with Crippen LogP contribution in [0.1, 0.15) is 30.9 Å². The summed E-state index contributed by atoms with van der Waals surface area (Å²) in [6, 6.07) is 10.4.